The molecule has 3 aromatic rings. The van der Waals surface area contributed by atoms with Gasteiger partial charge in [0.1, 0.15) is 11.6 Å². The minimum atomic E-state index is -0.0881. The summed E-state index contributed by atoms with van der Waals surface area (Å²) in [7, 11) is 0. The Kier molecular flexibility index (Phi) is 6.77. The predicted molar refractivity (Wildman–Crippen MR) is 132 cm³/mol. The molecule has 0 aliphatic carbocycles. The third-order valence-electron chi connectivity index (χ3n) is 5.92. The molecule has 0 unspecified atom stereocenters. The van der Waals surface area contributed by atoms with Gasteiger partial charge >= 0.3 is 6.03 Å². The molecule has 172 valence electrons. The van der Waals surface area contributed by atoms with E-state index in [1.807, 2.05) is 55.1 Å². The first-order valence-corrected chi connectivity index (χ1v) is 11.4. The number of aromatic nitrogens is 2. The highest BCUT2D eigenvalue weighted by Gasteiger charge is 2.24. The van der Waals surface area contributed by atoms with E-state index in [9.17, 15) is 4.79 Å². The number of ether oxygens (including phenoxy) is 1. The van der Waals surface area contributed by atoms with Gasteiger partial charge in [0.25, 0.3) is 0 Å². The smallest absolute Gasteiger partial charge is 0.321 e. The van der Waals surface area contributed by atoms with Crippen LogP contribution in [-0.2, 0) is 0 Å². The van der Waals surface area contributed by atoms with E-state index in [1.54, 1.807) is 0 Å². The number of carbonyl (C=O) groups is 1. The van der Waals surface area contributed by atoms with E-state index < -0.39 is 0 Å². The maximum absolute atomic E-state index is 12.8. The lowest BCUT2D eigenvalue weighted by Gasteiger charge is -2.36. The molecule has 1 N–H and O–H groups in total. The Labute approximate surface area is 195 Å². The summed E-state index contributed by atoms with van der Waals surface area (Å²) in [5, 5.41) is 2.98. The lowest BCUT2D eigenvalue weighted by molar-refractivity contribution is 0.208. The topological polar surface area (TPSA) is 70.6 Å². The maximum atomic E-state index is 12.8. The van der Waals surface area contributed by atoms with Crippen molar-refractivity contribution >= 4 is 17.5 Å². The molecule has 4 rings (SSSR count). The molecule has 0 saturated carbocycles. The highest BCUT2D eigenvalue weighted by atomic mass is 16.5. The van der Waals surface area contributed by atoms with Gasteiger partial charge in [0.15, 0.2) is 5.82 Å². The Balaban J connectivity index is 1.42. The molecule has 1 aliphatic rings. The molecule has 0 radical (unpaired) electrons. The van der Waals surface area contributed by atoms with Gasteiger partial charge in [-0.15, -0.1) is 0 Å². The van der Waals surface area contributed by atoms with Crippen molar-refractivity contribution in [1.29, 1.82) is 0 Å². The molecule has 1 fully saturated rings. The number of rotatable bonds is 5. The number of urea groups is 1. The summed E-state index contributed by atoms with van der Waals surface area (Å²) in [6.45, 7) is 11.4. The number of hydrogen-bond acceptors (Lipinski definition) is 5. The summed E-state index contributed by atoms with van der Waals surface area (Å²) >= 11 is 0. The van der Waals surface area contributed by atoms with Gasteiger partial charge in [-0.1, -0.05) is 23.8 Å². The Morgan fingerprint density at radius 1 is 1.00 bits per heavy atom. The standard InChI is InChI=1S/C26H31N5O2/c1-5-33-23-11-9-22(10-12-23)28-26(32)31-15-13-30(14-16-31)25-19(3)20(4)27-24(29-25)21-8-6-7-18(2)17-21/h6-12,17H,5,13-16H2,1-4H3,(H,28,32). The fourth-order valence-electron chi connectivity index (χ4n) is 3.96. The molecular formula is C26H31N5O2. The first-order chi connectivity index (χ1) is 15.9. The van der Waals surface area contributed by atoms with Crippen LogP contribution in [0.15, 0.2) is 48.5 Å². The van der Waals surface area contributed by atoms with Crippen LogP contribution in [0.3, 0.4) is 0 Å². The van der Waals surface area contributed by atoms with Crippen molar-refractivity contribution in [2.45, 2.75) is 27.7 Å². The largest absolute Gasteiger partial charge is 0.494 e. The van der Waals surface area contributed by atoms with Crippen LogP contribution in [0, 0.1) is 20.8 Å². The molecule has 7 heteroatoms. The quantitative estimate of drug-likeness (QED) is 0.610. The van der Waals surface area contributed by atoms with E-state index in [0.29, 0.717) is 19.7 Å². The summed E-state index contributed by atoms with van der Waals surface area (Å²) in [5.41, 5.74) is 5.03. The maximum Gasteiger partial charge on any atom is 0.321 e. The van der Waals surface area contributed by atoms with E-state index in [2.05, 4.69) is 36.2 Å². The van der Waals surface area contributed by atoms with Crippen LogP contribution < -0.4 is 15.0 Å². The Morgan fingerprint density at radius 3 is 2.39 bits per heavy atom. The molecule has 0 bridgehead atoms. The normalized spacial score (nSPS) is 13.7. The van der Waals surface area contributed by atoms with Gasteiger partial charge < -0.3 is 19.9 Å². The molecule has 2 heterocycles. The average molecular weight is 446 g/mol. The van der Waals surface area contributed by atoms with Crippen LogP contribution in [0.1, 0.15) is 23.7 Å². The van der Waals surface area contributed by atoms with Crippen molar-refractivity contribution in [2.24, 2.45) is 0 Å². The molecule has 1 aliphatic heterocycles. The van der Waals surface area contributed by atoms with Crippen LogP contribution in [0.5, 0.6) is 5.75 Å². The second kappa shape index (κ2) is 9.90. The summed E-state index contributed by atoms with van der Waals surface area (Å²) < 4.78 is 5.46. The zero-order valence-electron chi connectivity index (χ0n) is 19.8. The molecule has 7 nitrogen and oxygen atoms in total. The Hall–Kier alpha value is -3.61. The fourth-order valence-corrected chi connectivity index (χ4v) is 3.96. The van der Waals surface area contributed by atoms with Crippen LogP contribution in [0.4, 0.5) is 16.3 Å². The Bertz CT molecular complexity index is 1120. The zero-order valence-corrected chi connectivity index (χ0v) is 19.8. The van der Waals surface area contributed by atoms with Gasteiger partial charge in [0.2, 0.25) is 0 Å². The van der Waals surface area contributed by atoms with Crippen molar-refractivity contribution in [3.63, 3.8) is 0 Å². The fraction of sp³-hybridized carbons (Fsp3) is 0.346. The van der Waals surface area contributed by atoms with Crippen LogP contribution >= 0.6 is 0 Å². The number of benzene rings is 2. The number of aryl methyl sites for hydroxylation is 2. The lowest BCUT2D eigenvalue weighted by atomic mass is 10.1. The third-order valence-corrected chi connectivity index (χ3v) is 5.92. The van der Waals surface area contributed by atoms with Crippen LogP contribution in [-0.4, -0.2) is 53.7 Å². The van der Waals surface area contributed by atoms with Crippen molar-refractivity contribution in [2.75, 3.05) is 43.0 Å². The third kappa shape index (κ3) is 5.25. The number of amides is 2. The SMILES string of the molecule is CCOc1ccc(NC(=O)N2CCN(c3nc(-c4cccc(C)c4)nc(C)c3C)CC2)cc1. The number of nitrogens with zero attached hydrogens (tertiary/aromatic N) is 4. The van der Waals surface area contributed by atoms with Gasteiger partial charge in [-0.2, -0.15) is 0 Å². The average Bonchev–Trinajstić information content (AvgIpc) is 2.82. The monoisotopic (exact) mass is 445 g/mol. The predicted octanol–water partition coefficient (Wildman–Crippen LogP) is 4.82. The summed E-state index contributed by atoms with van der Waals surface area (Å²) in [6.07, 6.45) is 0. The zero-order chi connectivity index (χ0) is 23.4. The van der Waals surface area contributed by atoms with Crippen LogP contribution in [0.25, 0.3) is 11.4 Å². The molecule has 2 amide bonds. The highest BCUT2D eigenvalue weighted by Crippen LogP contribution is 2.26. The van der Waals surface area contributed by atoms with Crippen molar-refractivity contribution in [3.05, 3.63) is 65.4 Å². The number of hydrogen-bond donors (Lipinski definition) is 1. The second-order valence-electron chi connectivity index (χ2n) is 8.31. The molecule has 1 aromatic heterocycles. The number of anilines is 2. The van der Waals surface area contributed by atoms with Gasteiger partial charge in [0, 0.05) is 48.7 Å². The number of nitrogens with one attached hydrogen (secondary N) is 1. The molecule has 1 saturated heterocycles. The first-order valence-electron chi connectivity index (χ1n) is 11.4. The van der Waals surface area contributed by atoms with Crippen molar-refractivity contribution in [3.8, 4) is 17.1 Å². The summed E-state index contributed by atoms with van der Waals surface area (Å²) in [6, 6.07) is 15.6. The molecule has 33 heavy (non-hydrogen) atoms. The van der Waals surface area contributed by atoms with Crippen molar-refractivity contribution in [1.82, 2.24) is 14.9 Å². The van der Waals surface area contributed by atoms with Gasteiger partial charge in [0.05, 0.1) is 6.61 Å². The summed E-state index contributed by atoms with van der Waals surface area (Å²) in [5.74, 6) is 2.49. The van der Waals surface area contributed by atoms with E-state index in [0.717, 1.165) is 53.0 Å². The minimum Gasteiger partial charge on any atom is -0.494 e. The Morgan fingerprint density at radius 2 is 1.73 bits per heavy atom. The van der Waals surface area contributed by atoms with E-state index in [4.69, 9.17) is 14.7 Å². The lowest BCUT2D eigenvalue weighted by Crippen LogP contribution is -2.50. The van der Waals surface area contributed by atoms with Crippen LogP contribution in [0.2, 0.25) is 0 Å². The first kappa shape index (κ1) is 22.6. The van der Waals surface area contributed by atoms with E-state index in [1.165, 1.54) is 5.56 Å². The second-order valence-corrected chi connectivity index (χ2v) is 8.31. The van der Waals surface area contributed by atoms with Gasteiger partial charge in [-0.3, -0.25) is 0 Å². The summed E-state index contributed by atoms with van der Waals surface area (Å²) in [4.78, 5) is 26.5. The molecule has 0 spiro atoms. The van der Waals surface area contributed by atoms with E-state index in [-0.39, 0.29) is 6.03 Å². The van der Waals surface area contributed by atoms with E-state index >= 15 is 0 Å². The van der Waals surface area contributed by atoms with Crippen molar-refractivity contribution < 1.29 is 9.53 Å². The number of piperazine rings is 1. The molecule has 2 aromatic carbocycles. The van der Waals surface area contributed by atoms with Gasteiger partial charge in [-0.25, -0.2) is 14.8 Å². The highest BCUT2D eigenvalue weighted by molar-refractivity contribution is 5.89. The molecular weight excluding hydrogens is 414 g/mol. The molecule has 0 atom stereocenters. The van der Waals surface area contributed by atoms with Gasteiger partial charge in [-0.05, 0) is 58.0 Å². The minimum absolute atomic E-state index is 0.0881. The number of carbonyl (C=O) groups excluding carboxylic acids is 1.